The number of fused-ring (bicyclic) bond motifs is 1. The molecule has 1 saturated heterocycles. The van der Waals surface area contributed by atoms with Crippen LogP contribution in [0, 0.1) is 0 Å². The third kappa shape index (κ3) is 3.05. The second-order valence-electron chi connectivity index (χ2n) is 7.05. The van der Waals surface area contributed by atoms with Crippen LogP contribution in [0.3, 0.4) is 0 Å². The van der Waals surface area contributed by atoms with Gasteiger partial charge in [-0.3, -0.25) is 0 Å². The van der Waals surface area contributed by atoms with Crippen LogP contribution in [0.5, 0.6) is 0 Å². The van der Waals surface area contributed by atoms with Gasteiger partial charge in [0.25, 0.3) is 0 Å². The van der Waals surface area contributed by atoms with Gasteiger partial charge in [0.15, 0.2) is 0 Å². The fraction of sp³-hybridized carbons (Fsp3) is 0.647. The summed E-state index contributed by atoms with van der Waals surface area (Å²) in [6.07, 6.45) is 5.13. The lowest BCUT2D eigenvalue weighted by atomic mass is 9.83. The molecule has 2 atom stereocenters. The Morgan fingerprint density at radius 3 is 2.81 bits per heavy atom. The number of hydrogen-bond donors (Lipinski definition) is 2. The first-order chi connectivity index (χ1) is 10.00. The SMILES string of the molecule is CC1(C)CN(c2ccc(CO)c(Cl)c2)C2CCCC[C@@H]2N1. The van der Waals surface area contributed by atoms with E-state index in [1.165, 1.54) is 31.4 Å². The molecule has 0 aromatic heterocycles. The molecule has 2 N–H and O–H groups in total. The maximum atomic E-state index is 9.28. The monoisotopic (exact) mass is 308 g/mol. The lowest BCUT2D eigenvalue weighted by Crippen LogP contribution is -2.67. The summed E-state index contributed by atoms with van der Waals surface area (Å²) < 4.78 is 0. The van der Waals surface area contributed by atoms with Crippen LogP contribution in [0.4, 0.5) is 5.69 Å². The maximum absolute atomic E-state index is 9.28. The van der Waals surface area contributed by atoms with Crippen LogP contribution < -0.4 is 10.2 Å². The number of nitrogens with zero attached hydrogens (tertiary/aromatic N) is 1. The normalized spacial score (nSPS) is 28.3. The van der Waals surface area contributed by atoms with Crippen molar-refractivity contribution in [2.24, 2.45) is 0 Å². The van der Waals surface area contributed by atoms with Crippen LogP contribution >= 0.6 is 11.6 Å². The second kappa shape index (κ2) is 5.79. The molecular weight excluding hydrogens is 284 g/mol. The van der Waals surface area contributed by atoms with E-state index >= 15 is 0 Å². The Labute approximate surface area is 132 Å². The van der Waals surface area contributed by atoms with Crippen LogP contribution in [-0.2, 0) is 6.61 Å². The van der Waals surface area contributed by atoms with Gasteiger partial charge in [-0.25, -0.2) is 0 Å². The summed E-state index contributed by atoms with van der Waals surface area (Å²) in [5, 5.41) is 13.8. The summed E-state index contributed by atoms with van der Waals surface area (Å²) in [7, 11) is 0. The van der Waals surface area contributed by atoms with E-state index in [1.54, 1.807) is 0 Å². The molecule has 1 aliphatic carbocycles. The van der Waals surface area contributed by atoms with Gasteiger partial charge in [-0.2, -0.15) is 0 Å². The van der Waals surface area contributed by atoms with Gasteiger partial charge in [-0.05, 0) is 44.4 Å². The Kier molecular flexibility index (Phi) is 4.17. The molecule has 4 heteroatoms. The molecule has 0 radical (unpaired) electrons. The van der Waals surface area contributed by atoms with Crippen LogP contribution in [-0.4, -0.2) is 29.3 Å². The molecule has 1 aromatic carbocycles. The molecule has 3 rings (SSSR count). The average Bonchev–Trinajstić information content (AvgIpc) is 2.45. The van der Waals surface area contributed by atoms with Crippen LogP contribution in [0.2, 0.25) is 5.02 Å². The van der Waals surface area contributed by atoms with Gasteiger partial charge < -0.3 is 15.3 Å². The van der Waals surface area contributed by atoms with Gasteiger partial charge in [-0.1, -0.05) is 30.5 Å². The van der Waals surface area contributed by atoms with Gasteiger partial charge >= 0.3 is 0 Å². The molecule has 1 aromatic rings. The number of halogens is 1. The summed E-state index contributed by atoms with van der Waals surface area (Å²) in [4.78, 5) is 2.52. The molecule has 0 amide bonds. The number of aliphatic hydroxyl groups is 1. The predicted molar refractivity (Wildman–Crippen MR) is 88.0 cm³/mol. The second-order valence-corrected chi connectivity index (χ2v) is 7.46. The van der Waals surface area contributed by atoms with Gasteiger partial charge in [0.1, 0.15) is 0 Å². The zero-order valence-corrected chi connectivity index (χ0v) is 13.7. The van der Waals surface area contributed by atoms with Crippen molar-refractivity contribution < 1.29 is 5.11 Å². The Balaban J connectivity index is 1.92. The molecular formula is C17H25ClN2O. The minimum atomic E-state index is -0.00177. The average molecular weight is 309 g/mol. The Morgan fingerprint density at radius 1 is 1.33 bits per heavy atom. The maximum Gasteiger partial charge on any atom is 0.0696 e. The number of anilines is 1. The molecule has 2 fully saturated rings. The number of hydrogen-bond acceptors (Lipinski definition) is 3. The zero-order valence-electron chi connectivity index (χ0n) is 12.9. The van der Waals surface area contributed by atoms with Gasteiger partial charge in [-0.15, -0.1) is 0 Å². The topological polar surface area (TPSA) is 35.5 Å². The first-order valence-corrected chi connectivity index (χ1v) is 8.31. The van der Waals surface area contributed by atoms with Crippen molar-refractivity contribution in [3.05, 3.63) is 28.8 Å². The highest BCUT2D eigenvalue weighted by molar-refractivity contribution is 6.31. The molecule has 21 heavy (non-hydrogen) atoms. The smallest absolute Gasteiger partial charge is 0.0696 e. The lowest BCUT2D eigenvalue weighted by molar-refractivity contribution is 0.199. The minimum Gasteiger partial charge on any atom is -0.392 e. The minimum absolute atomic E-state index is 0.00177. The first-order valence-electron chi connectivity index (χ1n) is 7.94. The van der Waals surface area contributed by atoms with Crippen molar-refractivity contribution in [1.29, 1.82) is 0 Å². The highest BCUT2D eigenvalue weighted by Gasteiger charge is 2.40. The van der Waals surface area contributed by atoms with Crippen molar-refractivity contribution in [3.63, 3.8) is 0 Å². The van der Waals surface area contributed by atoms with Gasteiger partial charge in [0.2, 0.25) is 0 Å². The van der Waals surface area contributed by atoms with E-state index in [-0.39, 0.29) is 12.1 Å². The van der Waals surface area contributed by atoms with E-state index in [0.29, 0.717) is 17.1 Å². The highest BCUT2D eigenvalue weighted by Crippen LogP contribution is 2.35. The Morgan fingerprint density at radius 2 is 2.10 bits per heavy atom. The van der Waals surface area contributed by atoms with Crippen molar-refractivity contribution in [2.45, 2.75) is 63.8 Å². The fourth-order valence-electron chi connectivity index (χ4n) is 3.87. The largest absolute Gasteiger partial charge is 0.392 e. The summed E-state index contributed by atoms with van der Waals surface area (Å²) in [6, 6.07) is 7.19. The molecule has 116 valence electrons. The molecule has 1 saturated carbocycles. The zero-order chi connectivity index (χ0) is 15.0. The van der Waals surface area contributed by atoms with E-state index in [4.69, 9.17) is 11.6 Å². The van der Waals surface area contributed by atoms with Crippen molar-refractivity contribution in [1.82, 2.24) is 5.32 Å². The number of rotatable bonds is 2. The van der Waals surface area contributed by atoms with Gasteiger partial charge in [0.05, 0.1) is 6.61 Å². The Hall–Kier alpha value is -0.770. The van der Waals surface area contributed by atoms with Gasteiger partial charge in [0, 0.05) is 34.9 Å². The fourth-order valence-corrected chi connectivity index (χ4v) is 4.10. The summed E-state index contributed by atoms with van der Waals surface area (Å²) in [6.45, 7) is 5.53. The van der Waals surface area contributed by atoms with E-state index in [0.717, 1.165) is 12.1 Å². The Bertz CT molecular complexity index is 518. The molecule has 1 heterocycles. The molecule has 0 spiro atoms. The van der Waals surface area contributed by atoms with E-state index < -0.39 is 0 Å². The molecule has 0 bridgehead atoms. The number of benzene rings is 1. The summed E-state index contributed by atoms with van der Waals surface area (Å²) in [5.74, 6) is 0. The van der Waals surface area contributed by atoms with Crippen LogP contribution in [0.15, 0.2) is 18.2 Å². The molecule has 1 aliphatic heterocycles. The number of piperazine rings is 1. The van der Waals surface area contributed by atoms with E-state index in [2.05, 4.69) is 30.1 Å². The third-order valence-electron chi connectivity index (χ3n) is 4.81. The molecule has 2 aliphatic rings. The first kappa shape index (κ1) is 15.1. The lowest BCUT2D eigenvalue weighted by Gasteiger charge is -2.52. The number of aliphatic hydroxyl groups excluding tert-OH is 1. The molecule has 1 unspecified atom stereocenters. The quantitative estimate of drug-likeness (QED) is 0.879. The van der Waals surface area contributed by atoms with Crippen molar-refractivity contribution in [3.8, 4) is 0 Å². The van der Waals surface area contributed by atoms with Crippen LogP contribution in [0.1, 0.15) is 45.1 Å². The summed E-state index contributed by atoms with van der Waals surface area (Å²) >= 11 is 6.29. The van der Waals surface area contributed by atoms with Crippen LogP contribution in [0.25, 0.3) is 0 Å². The number of nitrogens with one attached hydrogen (secondary N) is 1. The third-order valence-corrected chi connectivity index (χ3v) is 5.16. The molecule has 3 nitrogen and oxygen atoms in total. The van der Waals surface area contributed by atoms with E-state index in [9.17, 15) is 5.11 Å². The standard InChI is InChI=1S/C17H25ClN2O/c1-17(2)11-20(16-6-4-3-5-15(16)19-17)13-8-7-12(10-21)14(18)9-13/h7-9,15-16,19,21H,3-6,10-11H2,1-2H3/t15-,16?/m0/s1. The predicted octanol–water partition coefficient (Wildman–Crippen LogP) is 3.33. The van der Waals surface area contributed by atoms with Crippen molar-refractivity contribution in [2.75, 3.05) is 11.4 Å². The van der Waals surface area contributed by atoms with Crippen molar-refractivity contribution >= 4 is 17.3 Å². The highest BCUT2D eigenvalue weighted by atomic mass is 35.5. The summed E-state index contributed by atoms with van der Waals surface area (Å²) in [5.41, 5.74) is 2.10. The van der Waals surface area contributed by atoms with E-state index in [1.807, 2.05) is 12.1 Å².